The Kier molecular flexibility index (Phi) is 5.17. The number of hydrogen-bond acceptors (Lipinski definition) is 3. The molecule has 0 saturated carbocycles. The number of benzene rings is 1. The number of aryl methyl sites for hydroxylation is 2. The van der Waals surface area contributed by atoms with Crippen LogP contribution in [0.4, 0.5) is 0 Å². The van der Waals surface area contributed by atoms with E-state index in [9.17, 15) is 5.11 Å². The molecule has 18 heavy (non-hydrogen) atoms. The molecule has 3 nitrogen and oxygen atoms in total. The Morgan fingerprint density at radius 1 is 1.22 bits per heavy atom. The van der Waals surface area contributed by atoms with Crippen LogP contribution in [-0.2, 0) is 6.42 Å². The van der Waals surface area contributed by atoms with Gasteiger partial charge in [0.2, 0.25) is 0 Å². The predicted molar refractivity (Wildman–Crippen MR) is 75.3 cm³/mol. The Hall–Kier alpha value is -1.06. The zero-order valence-corrected chi connectivity index (χ0v) is 12.1. The fraction of sp³-hybridized carbons (Fsp3) is 0.600. The maximum absolute atomic E-state index is 9.59. The van der Waals surface area contributed by atoms with Crippen LogP contribution in [-0.4, -0.2) is 30.9 Å². The first-order valence-electron chi connectivity index (χ1n) is 6.40. The van der Waals surface area contributed by atoms with Gasteiger partial charge in [-0.15, -0.1) is 0 Å². The van der Waals surface area contributed by atoms with E-state index in [4.69, 9.17) is 4.74 Å². The van der Waals surface area contributed by atoms with Crippen LogP contribution >= 0.6 is 0 Å². The molecule has 3 heteroatoms. The van der Waals surface area contributed by atoms with Gasteiger partial charge in [0.15, 0.2) is 0 Å². The monoisotopic (exact) mass is 251 g/mol. The highest BCUT2D eigenvalue weighted by molar-refractivity contribution is 5.43. The second-order valence-electron chi connectivity index (χ2n) is 5.50. The minimum Gasteiger partial charge on any atom is -0.496 e. The molecule has 0 heterocycles. The summed E-state index contributed by atoms with van der Waals surface area (Å²) in [5.41, 5.74) is 3.00. The Bertz CT molecular complexity index is 371. The lowest BCUT2D eigenvalue weighted by molar-refractivity contribution is 0.0801. The molecule has 0 spiro atoms. The van der Waals surface area contributed by atoms with E-state index in [0.29, 0.717) is 6.54 Å². The van der Waals surface area contributed by atoms with Gasteiger partial charge in [-0.3, -0.25) is 0 Å². The summed E-state index contributed by atoms with van der Waals surface area (Å²) in [5, 5.41) is 12.9. The molecule has 2 N–H and O–H groups in total. The SMILES string of the molecule is COc1c(C)cc(CCNCC(C)(C)O)cc1C. The van der Waals surface area contributed by atoms with Crippen molar-refractivity contribution in [2.45, 2.75) is 39.7 Å². The zero-order chi connectivity index (χ0) is 13.8. The van der Waals surface area contributed by atoms with Crippen molar-refractivity contribution >= 4 is 0 Å². The third-order valence-electron chi connectivity index (χ3n) is 2.87. The molecule has 1 rings (SSSR count). The molecule has 0 aromatic heterocycles. The first-order valence-corrected chi connectivity index (χ1v) is 6.40. The summed E-state index contributed by atoms with van der Waals surface area (Å²) in [4.78, 5) is 0. The molecule has 0 fully saturated rings. The molecule has 1 aromatic carbocycles. The second-order valence-corrected chi connectivity index (χ2v) is 5.50. The summed E-state index contributed by atoms with van der Waals surface area (Å²) < 4.78 is 5.35. The molecule has 0 unspecified atom stereocenters. The average Bonchev–Trinajstić information content (AvgIpc) is 2.23. The number of rotatable bonds is 6. The molecule has 0 atom stereocenters. The van der Waals surface area contributed by atoms with Gasteiger partial charge in [0, 0.05) is 6.54 Å². The van der Waals surface area contributed by atoms with Gasteiger partial charge in [0.25, 0.3) is 0 Å². The summed E-state index contributed by atoms with van der Waals surface area (Å²) >= 11 is 0. The molecule has 0 bridgehead atoms. The highest BCUT2D eigenvalue weighted by atomic mass is 16.5. The fourth-order valence-corrected chi connectivity index (χ4v) is 2.13. The van der Waals surface area contributed by atoms with E-state index in [1.807, 2.05) is 13.8 Å². The van der Waals surface area contributed by atoms with Gasteiger partial charge < -0.3 is 15.2 Å². The lowest BCUT2D eigenvalue weighted by Crippen LogP contribution is -2.35. The number of ether oxygens (including phenoxy) is 1. The minimum absolute atomic E-state index is 0.612. The van der Waals surface area contributed by atoms with Gasteiger partial charge in [-0.25, -0.2) is 0 Å². The Balaban J connectivity index is 2.54. The van der Waals surface area contributed by atoms with Crippen LogP contribution in [0, 0.1) is 13.8 Å². The van der Waals surface area contributed by atoms with E-state index < -0.39 is 5.60 Å². The highest BCUT2D eigenvalue weighted by Gasteiger charge is 2.11. The van der Waals surface area contributed by atoms with Crippen molar-refractivity contribution in [3.05, 3.63) is 28.8 Å². The van der Waals surface area contributed by atoms with Crippen molar-refractivity contribution in [1.82, 2.24) is 5.32 Å². The molecular formula is C15H25NO2. The van der Waals surface area contributed by atoms with Crippen LogP contribution in [0.25, 0.3) is 0 Å². The molecule has 1 aromatic rings. The number of methoxy groups -OCH3 is 1. The topological polar surface area (TPSA) is 41.5 Å². The van der Waals surface area contributed by atoms with Crippen molar-refractivity contribution in [3.63, 3.8) is 0 Å². The normalized spacial score (nSPS) is 11.7. The third kappa shape index (κ3) is 4.67. The average molecular weight is 251 g/mol. The van der Waals surface area contributed by atoms with Gasteiger partial charge in [0.05, 0.1) is 12.7 Å². The Labute approximate surface area is 110 Å². The lowest BCUT2D eigenvalue weighted by Gasteiger charge is -2.18. The fourth-order valence-electron chi connectivity index (χ4n) is 2.13. The molecule has 0 aliphatic carbocycles. The third-order valence-corrected chi connectivity index (χ3v) is 2.87. The van der Waals surface area contributed by atoms with Crippen LogP contribution in [0.5, 0.6) is 5.75 Å². The first kappa shape index (κ1) is 15.0. The largest absolute Gasteiger partial charge is 0.496 e. The minimum atomic E-state index is -0.647. The molecule has 0 radical (unpaired) electrons. The van der Waals surface area contributed by atoms with Crippen LogP contribution in [0.2, 0.25) is 0 Å². The Morgan fingerprint density at radius 3 is 2.22 bits per heavy atom. The zero-order valence-electron chi connectivity index (χ0n) is 12.1. The van der Waals surface area contributed by atoms with E-state index in [1.165, 1.54) is 16.7 Å². The van der Waals surface area contributed by atoms with Crippen LogP contribution < -0.4 is 10.1 Å². The predicted octanol–water partition coefficient (Wildman–Crippen LogP) is 2.22. The number of nitrogens with one attached hydrogen (secondary N) is 1. The standard InChI is InChI=1S/C15H25NO2/c1-11-8-13(9-12(2)14(11)18-5)6-7-16-10-15(3,4)17/h8-9,16-17H,6-7,10H2,1-5H3. The van der Waals surface area contributed by atoms with Gasteiger partial charge in [-0.1, -0.05) is 12.1 Å². The first-order chi connectivity index (χ1) is 8.33. The summed E-state index contributed by atoms with van der Waals surface area (Å²) in [7, 11) is 1.71. The van der Waals surface area contributed by atoms with Gasteiger partial charge in [-0.05, 0) is 57.4 Å². The van der Waals surface area contributed by atoms with E-state index in [1.54, 1.807) is 7.11 Å². The molecule has 0 aliphatic rings. The van der Waals surface area contributed by atoms with Crippen LogP contribution in [0.15, 0.2) is 12.1 Å². The smallest absolute Gasteiger partial charge is 0.124 e. The summed E-state index contributed by atoms with van der Waals surface area (Å²) in [6.07, 6.45) is 0.960. The molecule has 0 amide bonds. The molecule has 0 saturated heterocycles. The second kappa shape index (κ2) is 6.21. The van der Waals surface area contributed by atoms with Crippen LogP contribution in [0.1, 0.15) is 30.5 Å². The van der Waals surface area contributed by atoms with Crippen molar-refractivity contribution in [1.29, 1.82) is 0 Å². The highest BCUT2D eigenvalue weighted by Crippen LogP contribution is 2.24. The van der Waals surface area contributed by atoms with Crippen molar-refractivity contribution < 1.29 is 9.84 Å². The lowest BCUT2D eigenvalue weighted by atomic mass is 10.0. The van der Waals surface area contributed by atoms with Gasteiger partial charge in [-0.2, -0.15) is 0 Å². The number of aliphatic hydroxyl groups is 1. The summed E-state index contributed by atoms with van der Waals surface area (Å²) in [5.74, 6) is 0.975. The van der Waals surface area contributed by atoms with E-state index in [2.05, 4.69) is 31.3 Å². The quantitative estimate of drug-likeness (QED) is 0.762. The van der Waals surface area contributed by atoms with Crippen LogP contribution in [0.3, 0.4) is 0 Å². The van der Waals surface area contributed by atoms with Crippen molar-refractivity contribution in [2.24, 2.45) is 0 Å². The van der Waals surface area contributed by atoms with Gasteiger partial charge in [0.1, 0.15) is 5.75 Å². The Morgan fingerprint density at radius 2 is 1.78 bits per heavy atom. The molecular weight excluding hydrogens is 226 g/mol. The maximum Gasteiger partial charge on any atom is 0.124 e. The van der Waals surface area contributed by atoms with E-state index in [0.717, 1.165) is 18.7 Å². The molecule has 102 valence electrons. The van der Waals surface area contributed by atoms with E-state index in [-0.39, 0.29) is 0 Å². The van der Waals surface area contributed by atoms with E-state index >= 15 is 0 Å². The molecule has 0 aliphatic heterocycles. The summed E-state index contributed by atoms with van der Waals surface area (Å²) in [6, 6.07) is 4.33. The van der Waals surface area contributed by atoms with Gasteiger partial charge >= 0.3 is 0 Å². The van der Waals surface area contributed by atoms with Crippen molar-refractivity contribution in [2.75, 3.05) is 20.2 Å². The number of hydrogen-bond donors (Lipinski definition) is 2. The van der Waals surface area contributed by atoms with Crippen molar-refractivity contribution in [3.8, 4) is 5.75 Å². The summed E-state index contributed by atoms with van der Waals surface area (Å²) in [6.45, 7) is 9.23. The maximum atomic E-state index is 9.59.